The maximum Gasteiger partial charge on any atom is 0.321 e. The second-order valence-electron chi connectivity index (χ2n) is 4.19. The minimum atomic E-state index is -3.96. The predicted molar refractivity (Wildman–Crippen MR) is 72.2 cm³/mol. The summed E-state index contributed by atoms with van der Waals surface area (Å²) in [7, 11) is -3.96. The summed E-state index contributed by atoms with van der Waals surface area (Å²) in [6.45, 7) is 1.01. The molecule has 2 amide bonds. The Morgan fingerprint density at radius 1 is 1.45 bits per heavy atom. The topological polar surface area (TPSA) is 116 Å². The molecule has 0 atom stereocenters. The summed E-state index contributed by atoms with van der Waals surface area (Å²) in [4.78, 5) is 23.4. The van der Waals surface area contributed by atoms with Crippen molar-refractivity contribution in [3.8, 4) is 0 Å². The normalized spacial score (nSPS) is 15.0. The van der Waals surface area contributed by atoms with Crippen LogP contribution in [0.3, 0.4) is 0 Å². The number of carboxylic acid groups (broad SMARTS) is 1. The second-order valence-corrected chi connectivity index (χ2v) is 5.91. The smallest absolute Gasteiger partial charge is 0.321 e. The lowest BCUT2D eigenvalue weighted by atomic mass is 10.2. The van der Waals surface area contributed by atoms with Gasteiger partial charge in [0.1, 0.15) is 0 Å². The lowest BCUT2D eigenvalue weighted by Crippen LogP contribution is -2.28. The second kappa shape index (κ2) is 5.37. The van der Waals surface area contributed by atoms with Gasteiger partial charge in [-0.15, -0.1) is 0 Å². The van der Waals surface area contributed by atoms with Crippen LogP contribution in [-0.4, -0.2) is 44.4 Å². The van der Waals surface area contributed by atoms with Crippen molar-refractivity contribution in [3.05, 3.63) is 24.3 Å². The molecule has 9 heteroatoms. The highest BCUT2D eigenvalue weighted by atomic mass is 32.2. The molecule has 1 fully saturated rings. The van der Waals surface area contributed by atoms with Crippen LogP contribution < -0.4 is 14.9 Å². The van der Waals surface area contributed by atoms with Crippen LogP contribution >= 0.6 is 0 Å². The van der Waals surface area contributed by atoms with Gasteiger partial charge in [-0.25, -0.2) is 13.2 Å². The van der Waals surface area contributed by atoms with Crippen LogP contribution in [0.4, 0.5) is 16.2 Å². The van der Waals surface area contributed by atoms with Crippen LogP contribution in [0.5, 0.6) is 0 Å². The lowest BCUT2D eigenvalue weighted by Gasteiger charge is -2.15. The third-order valence-corrected chi connectivity index (χ3v) is 3.78. The first-order valence-corrected chi connectivity index (χ1v) is 7.40. The Balaban J connectivity index is 2.18. The van der Waals surface area contributed by atoms with E-state index in [0.717, 1.165) is 0 Å². The molecule has 0 unspecified atom stereocenters. The molecule has 2 rings (SSSR count). The van der Waals surface area contributed by atoms with E-state index < -0.39 is 21.7 Å². The van der Waals surface area contributed by atoms with Gasteiger partial charge in [-0.1, -0.05) is 6.07 Å². The lowest BCUT2D eigenvalue weighted by molar-refractivity contribution is -0.134. The number of amides is 2. The Hall–Kier alpha value is -2.29. The maximum absolute atomic E-state index is 11.5. The van der Waals surface area contributed by atoms with Gasteiger partial charge in [0.15, 0.2) is 5.75 Å². The highest BCUT2D eigenvalue weighted by Gasteiger charge is 2.22. The number of nitrogens with one attached hydrogen (secondary N) is 2. The van der Waals surface area contributed by atoms with Crippen LogP contribution in [0, 0.1) is 0 Å². The number of urea groups is 1. The molecular weight excluding hydrogens is 286 g/mol. The summed E-state index contributed by atoms with van der Waals surface area (Å²) in [5.74, 6) is -2.45. The fourth-order valence-corrected chi connectivity index (χ4v) is 2.72. The summed E-state index contributed by atoms with van der Waals surface area (Å²) >= 11 is 0. The molecule has 0 aliphatic carbocycles. The summed E-state index contributed by atoms with van der Waals surface area (Å²) in [6.07, 6.45) is 0. The van der Waals surface area contributed by atoms with Gasteiger partial charge in [-0.05, 0) is 18.2 Å². The van der Waals surface area contributed by atoms with Gasteiger partial charge in [0, 0.05) is 18.8 Å². The van der Waals surface area contributed by atoms with Crippen molar-refractivity contribution in [2.24, 2.45) is 0 Å². The molecule has 1 aromatic carbocycles. The van der Waals surface area contributed by atoms with Crippen molar-refractivity contribution in [2.75, 3.05) is 28.5 Å². The SMILES string of the molecule is O=C(O)CS(=O)(=O)Nc1cccc(N2CCNC2=O)c1. The highest BCUT2D eigenvalue weighted by Crippen LogP contribution is 2.21. The number of rotatable bonds is 5. The predicted octanol–water partition coefficient (Wildman–Crippen LogP) is 0.0425. The summed E-state index contributed by atoms with van der Waals surface area (Å²) in [5, 5.41) is 11.1. The van der Waals surface area contributed by atoms with Crippen molar-refractivity contribution in [2.45, 2.75) is 0 Å². The van der Waals surface area contributed by atoms with E-state index >= 15 is 0 Å². The van der Waals surface area contributed by atoms with Crippen LogP contribution in [-0.2, 0) is 14.8 Å². The van der Waals surface area contributed by atoms with Gasteiger partial charge in [0.2, 0.25) is 10.0 Å². The minimum absolute atomic E-state index is 0.212. The number of carboxylic acids is 1. The van der Waals surface area contributed by atoms with E-state index in [1.807, 2.05) is 0 Å². The van der Waals surface area contributed by atoms with Gasteiger partial charge < -0.3 is 10.4 Å². The fourth-order valence-electron chi connectivity index (χ4n) is 1.83. The average molecular weight is 299 g/mol. The zero-order valence-electron chi connectivity index (χ0n) is 10.4. The molecule has 108 valence electrons. The van der Waals surface area contributed by atoms with Gasteiger partial charge in [0.05, 0.1) is 5.69 Å². The molecule has 1 saturated heterocycles. The number of nitrogens with zero attached hydrogens (tertiary/aromatic N) is 1. The van der Waals surface area contributed by atoms with Crippen LogP contribution in [0.1, 0.15) is 0 Å². The Morgan fingerprint density at radius 3 is 2.80 bits per heavy atom. The number of anilines is 2. The van der Waals surface area contributed by atoms with E-state index in [1.54, 1.807) is 12.1 Å². The number of sulfonamides is 1. The Bertz CT molecular complexity index is 643. The van der Waals surface area contributed by atoms with Crippen molar-refractivity contribution in [3.63, 3.8) is 0 Å². The summed E-state index contributed by atoms with van der Waals surface area (Å²) in [5.41, 5.74) is 0.749. The number of carbonyl (C=O) groups is 2. The van der Waals surface area contributed by atoms with E-state index in [2.05, 4.69) is 10.0 Å². The molecule has 0 saturated carbocycles. The molecule has 1 aliphatic heterocycles. The molecule has 0 spiro atoms. The molecule has 1 heterocycles. The number of aliphatic carboxylic acids is 1. The standard InChI is InChI=1S/C11H13N3O5S/c15-10(16)7-20(18,19)13-8-2-1-3-9(6-8)14-5-4-12-11(14)17/h1-3,6,13H,4-5,7H2,(H,12,17)(H,15,16). The first-order valence-electron chi connectivity index (χ1n) is 5.75. The summed E-state index contributed by atoms with van der Waals surface area (Å²) < 4.78 is 25.2. The van der Waals surface area contributed by atoms with Gasteiger partial charge in [0.25, 0.3) is 0 Å². The Kier molecular flexibility index (Phi) is 3.79. The van der Waals surface area contributed by atoms with Crippen LogP contribution in [0.2, 0.25) is 0 Å². The van der Waals surface area contributed by atoms with E-state index in [-0.39, 0.29) is 11.7 Å². The van der Waals surface area contributed by atoms with Crippen molar-refractivity contribution < 1.29 is 23.1 Å². The van der Waals surface area contributed by atoms with E-state index in [4.69, 9.17) is 5.11 Å². The summed E-state index contributed by atoms with van der Waals surface area (Å²) in [6, 6.07) is 5.95. The number of carbonyl (C=O) groups excluding carboxylic acids is 1. The molecule has 20 heavy (non-hydrogen) atoms. The molecular formula is C11H13N3O5S. The minimum Gasteiger partial charge on any atom is -0.480 e. The van der Waals surface area contributed by atoms with Crippen molar-refractivity contribution >= 4 is 33.4 Å². The van der Waals surface area contributed by atoms with Gasteiger partial charge in [-0.3, -0.25) is 14.4 Å². The van der Waals surface area contributed by atoms with E-state index in [1.165, 1.54) is 17.0 Å². The van der Waals surface area contributed by atoms with Crippen LogP contribution in [0.25, 0.3) is 0 Å². The fraction of sp³-hybridized carbons (Fsp3) is 0.273. The third-order valence-electron chi connectivity index (χ3n) is 2.60. The van der Waals surface area contributed by atoms with E-state index in [0.29, 0.717) is 18.8 Å². The highest BCUT2D eigenvalue weighted by molar-refractivity contribution is 7.93. The maximum atomic E-state index is 11.5. The molecule has 0 aromatic heterocycles. The zero-order valence-corrected chi connectivity index (χ0v) is 11.2. The molecule has 1 aromatic rings. The first-order chi connectivity index (χ1) is 9.37. The molecule has 1 aliphatic rings. The number of hydrogen-bond donors (Lipinski definition) is 3. The third kappa shape index (κ3) is 3.38. The Morgan fingerprint density at radius 2 is 2.20 bits per heavy atom. The van der Waals surface area contributed by atoms with Crippen LogP contribution in [0.15, 0.2) is 24.3 Å². The molecule has 3 N–H and O–H groups in total. The number of benzene rings is 1. The number of hydrogen-bond acceptors (Lipinski definition) is 4. The first kappa shape index (κ1) is 14.1. The zero-order chi connectivity index (χ0) is 14.8. The van der Waals surface area contributed by atoms with E-state index in [9.17, 15) is 18.0 Å². The van der Waals surface area contributed by atoms with Crippen molar-refractivity contribution in [1.82, 2.24) is 5.32 Å². The van der Waals surface area contributed by atoms with Gasteiger partial charge >= 0.3 is 12.0 Å². The Labute approximate surface area is 115 Å². The molecule has 0 bridgehead atoms. The monoisotopic (exact) mass is 299 g/mol. The quantitative estimate of drug-likeness (QED) is 0.710. The molecule has 0 radical (unpaired) electrons. The van der Waals surface area contributed by atoms with Crippen molar-refractivity contribution in [1.29, 1.82) is 0 Å². The largest absolute Gasteiger partial charge is 0.480 e. The van der Waals surface area contributed by atoms with Gasteiger partial charge in [-0.2, -0.15) is 0 Å². The average Bonchev–Trinajstić information content (AvgIpc) is 2.73. The molecule has 8 nitrogen and oxygen atoms in total.